The van der Waals surface area contributed by atoms with Crippen LogP contribution in [0.5, 0.6) is 0 Å². The molecule has 1 aliphatic heterocycles. The van der Waals surface area contributed by atoms with Crippen LogP contribution in [0, 0.1) is 32.6 Å². The lowest BCUT2D eigenvalue weighted by molar-refractivity contribution is -0.126. The van der Waals surface area contributed by atoms with Crippen LogP contribution in [0.2, 0.25) is 0 Å². The first kappa shape index (κ1) is 23.2. The average molecular weight is 466 g/mol. The largest absolute Gasteiger partial charge is 0.465 e. The van der Waals surface area contributed by atoms with Gasteiger partial charge in [-0.05, 0) is 51.7 Å². The molecule has 33 heavy (non-hydrogen) atoms. The van der Waals surface area contributed by atoms with Gasteiger partial charge in [0.15, 0.2) is 0 Å². The molecule has 2 amide bonds. The summed E-state index contributed by atoms with van der Waals surface area (Å²) < 4.78 is 5.52. The topological polar surface area (TPSA) is 75.4 Å². The summed E-state index contributed by atoms with van der Waals surface area (Å²) in [4.78, 5) is 33.1. The summed E-state index contributed by atoms with van der Waals surface area (Å²) in [6, 6.07) is 12.0. The molecule has 1 atom stereocenters. The van der Waals surface area contributed by atoms with Gasteiger partial charge in [-0.15, -0.1) is 11.3 Å². The molecule has 3 aromatic rings. The van der Waals surface area contributed by atoms with Crippen molar-refractivity contribution in [1.82, 2.24) is 15.2 Å². The zero-order valence-corrected chi connectivity index (χ0v) is 20.5. The molecule has 1 N–H and O–H groups in total. The van der Waals surface area contributed by atoms with E-state index in [-0.39, 0.29) is 23.7 Å². The Hall–Kier alpha value is -2.93. The predicted molar refractivity (Wildman–Crippen MR) is 130 cm³/mol. The number of aromatic nitrogens is 1. The Morgan fingerprint density at radius 3 is 2.45 bits per heavy atom. The van der Waals surface area contributed by atoms with Gasteiger partial charge in [-0.25, -0.2) is 4.98 Å². The summed E-state index contributed by atoms with van der Waals surface area (Å²) in [7, 11) is 0. The maximum atomic E-state index is 13.2. The molecule has 0 radical (unpaired) electrons. The van der Waals surface area contributed by atoms with Gasteiger partial charge in [0.1, 0.15) is 21.4 Å². The summed E-state index contributed by atoms with van der Waals surface area (Å²) in [6.45, 7) is 9.56. The van der Waals surface area contributed by atoms with Gasteiger partial charge in [0.25, 0.3) is 5.91 Å². The fourth-order valence-corrected chi connectivity index (χ4v) is 5.33. The van der Waals surface area contributed by atoms with Crippen LogP contribution in [0.15, 0.2) is 40.8 Å². The van der Waals surface area contributed by atoms with Crippen LogP contribution in [-0.4, -0.2) is 34.8 Å². The minimum absolute atomic E-state index is 0.0369. The quantitative estimate of drug-likeness (QED) is 0.547. The van der Waals surface area contributed by atoms with Crippen molar-refractivity contribution < 1.29 is 14.0 Å². The molecule has 0 spiro atoms. The molecule has 0 unspecified atom stereocenters. The number of furan rings is 1. The number of likely N-dealkylation sites (tertiary alicyclic amines) is 1. The first-order valence-electron chi connectivity index (χ1n) is 11.5. The van der Waals surface area contributed by atoms with Gasteiger partial charge in [0.2, 0.25) is 5.91 Å². The Labute approximate surface area is 199 Å². The van der Waals surface area contributed by atoms with E-state index in [1.54, 1.807) is 0 Å². The van der Waals surface area contributed by atoms with Crippen molar-refractivity contribution in [2.24, 2.45) is 11.8 Å². The maximum Gasteiger partial charge on any atom is 0.265 e. The molecule has 1 aliphatic rings. The van der Waals surface area contributed by atoms with Gasteiger partial charge in [0.05, 0.1) is 12.2 Å². The Balaban J connectivity index is 1.32. The lowest BCUT2D eigenvalue weighted by Crippen LogP contribution is -2.42. The Morgan fingerprint density at radius 1 is 1.12 bits per heavy atom. The summed E-state index contributed by atoms with van der Waals surface area (Å²) in [5.74, 6) is 1.85. The minimum atomic E-state index is -0.100. The van der Waals surface area contributed by atoms with Crippen molar-refractivity contribution in [2.45, 2.75) is 47.1 Å². The van der Waals surface area contributed by atoms with Crippen LogP contribution < -0.4 is 5.32 Å². The normalized spacial score (nSPS) is 15.5. The van der Waals surface area contributed by atoms with Crippen molar-refractivity contribution >= 4 is 23.2 Å². The van der Waals surface area contributed by atoms with Crippen molar-refractivity contribution in [3.63, 3.8) is 0 Å². The SMILES string of the molecule is Cc1ccc(-c2nc(C)c(C(=O)N3CCC([C@@H](C)C(=O)NCc4ccc(C)o4)CC3)s2)cc1. The molecule has 1 aromatic carbocycles. The molecule has 0 saturated carbocycles. The number of hydrogen-bond donors (Lipinski definition) is 1. The highest BCUT2D eigenvalue weighted by atomic mass is 32.1. The molecule has 7 heteroatoms. The summed E-state index contributed by atoms with van der Waals surface area (Å²) >= 11 is 1.46. The summed E-state index contributed by atoms with van der Waals surface area (Å²) in [5.41, 5.74) is 3.02. The van der Waals surface area contributed by atoms with Gasteiger partial charge in [-0.1, -0.05) is 36.8 Å². The van der Waals surface area contributed by atoms with Gasteiger partial charge in [-0.2, -0.15) is 0 Å². The third-order valence-corrected chi connectivity index (χ3v) is 7.66. The number of benzene rings is 1. The first-order chi connectivity index (χ1) is 15.8. The summed E-state index contributed by atoms with van der Waals surface area (Å²) in [6.07, 6.45) is 1.64. The van der Waals surface area contributed by atoms with Crippen LogP contribution in [0.4, 0.5) is 0 Å². The molecule has 1 saturated heterocycles. The highest BCUT2D eigenvalue weighted by Crippen LogP contribution is 2.31. The van der Waals surface area contributed by atoms with Crippen molar-refractivity contribution in [2.75, 3.05) is 13.1 Å². The third kappa shape index (κ3) is 5.36. The number of thiazole rings is 1. The van der Waals surface area contributed by atoms with E-state index in [1.165, 1.54) is 16.9 Å². The standard InChI is InChI=1S/C26H31N3O3S/c1-16-5-8-21(9-6-16)25-28-19(4)23(33-25)26(31)29-13-11-20(12-14-29)18(3)24(30)27-15-22-10-7-17(2)32-22/h5-10,18,20H,11-15H2,1-4H3,(H,27,30)/t18-/m1/s1. The highest BCUT2D eigenvalue weighted by Gasteiger charge is 2.31. The molecular weight excluding hydrogens is 434 g/mol. The number of aryl methyl sites for hydroxylation is 3. The van der Waals surface area contributed by atoms with Crippen LogP contribution in [0.25, 0.3) is 10.6 Å². The molecule has 3 heterocycles. The maximum absolute atomic E-state index is 13.2. The van der Waals surface area contributed by atoms with E-state index in [4.69, 9.17) is 4.42 Å². The van der Waals surface area contributed by atoms with Crippen molar-refractivity contribution in [3.05, 3.63) is 64.1 Å². The van der Waals surface area contributed by atoms with Crippen LogP contribution in [0.1, 0.15) is 52.2 Å². The average Bonchev–Trinajstić information content (AvgIpc) is 3.42. The number of hydrogen-bond acceptors (Lipinski definition) is 5. The van der Waals surface area contributed by atoms with Gasteiger partial charge < -0.3 is 14.6 Å². The molecule has 6 nitrogen and oxygen atoms in total. The molecule has 2 aromatic heterocycles. The number of nitrogens with one attached hydrogen (secondary N) is 1. The second kappa shape index (κ2) is 9.91. The minimum Gasteiger partial charge on any atom is -0.465 e. The van der Waals surface area contributed by atoms with E-state index >= 15 is 0 Å². The smallest absolute Gasteiger partial charge is 0.265 e. The van der Waals surface area contributed by atoms with Crippen LogP contribution >= 0.6 is 11.3 Å². The molecule has 1 fully saturated rings. The first-order valence-corrected chi connectivity index (χ1v) is 12.3. The number of carbonyl (C=O) groups is 2. The summed E-state index contributed by atoms with van der Waals surface area (Å²) in [5, 5.41) is 3.86. The van der Waals surface area contributed by atoms with Crippen molar-refractivity contribution in [1.29, 1.82) is 0 Å². The van der Waals surface area contributed by atoms with Crippen LogP contribution in [-0.2, 0) is 11.3 Å². The number of rotatable bonds is 6. The lowest BCUT2D eigenvalue weighted by Gasteiger charge is -2.34. The third-order valence-electron chi connectivity index (χ3n) is 6.47. The Bertz CT molecular complexity index is 1120. The monoisotopic (exact) mass is 465 g/mol. The molecule has 0 aliphatic carbocycles. The fraction of sp³-hybridized carbons (Fsp3) is 0.423. The second-order valence-electron chi connectivity index (χ2n) is 8.95. The zero-order valence-electron chi connectivity index (χ0n) is 19.7. The van der Waals surface area contributed by atoms with Gasteiger partial charge >= 0.3 is 0 Å². The predicted octanol–water partition coefficient (Wildman–Crippen LogP) is 5.13. The fourth-order valence-electron chi connectivity index (χ4n) is 4.29. The van der Waals surface area contributed by atoms with E-state index in [0.29, 0.717) is 24.5 Å². The number of piperidine rings is 1. The lowest BCUT2D eigenvalue weighted by atomic mass is 9.85. The second-order valence-corrected chi connectivity index (χ2v) is 9.95. The number of carbonyl (C=O) groups excluding carboxylic acids is 2. The molecule has 174 valence electrons. The van der Waals surface area contributed by atoms with E-state index in [1.807, 2.05) is 49.9 Å². The van der Waals surface area contributed by atoms with E-state index in [2.05, 4.69) is 29.4 Å². The Kier molecular flexibility index (Phi) is 6.98. The van der Waals surface area contributed by atoms with Gasteiger partial charge in [0, 0.05) is 24.6 Å². The van der Waals surface area contributed by atoms with Crippen molar-refractivity contribution in [3.8, 4) is 10.6 Å². The number of amides is 2. The van der Waals surface area contributed by atoms with Crippen LogP contribution in [0.3, 0.4) is 0 Å². The van der Waals surface area contributed by atoms with Gasteiger partial charge in [-0.3, -0.25) is 9.59 Å². The zero-order chi connectivity index (χ0) is 23.5. The highest BCUT2D eigenvalue weighted by molar-refractivity contribution is 7.17. The number of nitrogens with zero attached hydrogens (tertiary/aromatic N) is 2. The molecule has 0 bridgehead atoms. The molecular formula is C26H31N3O3S. The molecule has 4 rings (SSSR count). The Morgan fingerprint density at radius 2 is 1.82 bits per heavy atom. The van der Waals surface area contributed by atoms with E-state index < -0.39 is 0 Å². The van der Waals surface area contributed by atoms with E-state index in [9.17, 15) is 9.59 Å². The van der Waals surface area contributed by atoms with E-state index in [0.717, 1.165) is 40.6 Å².